The zero-order chi connectivity index (χ0) is 20.7. The molecular weight excluding hydrogens is 360 g/mol. The van der Waals surface area contributed by atoms with Crippen LogP contribution in [-0.2, 0) is 16.0 Å². The smallest absolute Gasteiger partial charge is 0.244 e. The average molecular weight is 386 g/mol. The van der Waals surface area contributed by atoms with E-state index in [4.69, 9.17) is 14.2 Å². The maximum absolute atomic E-state index is 12.6. The lowest BCUT2D eigenvalue weighted by Crippen LogP contribution is -2.36. The Hall–Kier alpha value is -3.22. The summed E-state index contributed by atoms with van der Waals surface area (Å²) in [5, 5.41) is 2.88. The Labute approximate surface area is 165 Å². The van der Waals surface area contributed by atoms with E-state index in [9.17, 15) is 9.59 Å². The number of para-hydroxylation sites is 1. The van der Waals surface area contributed by atoms with Crippen molar-refractivity contribution in [2.24, 2.45) is 0 Å². The lowest BCUT2D eigenvalue weighted by atomic mass is 10.1. The molecule has 0 fully saturated rings. The van der Waals surface area contributed by atoms with E-state index in [-0.39, 0.29) is 18.4 Å². The Morgan fingerprint density at radius 3 is 2.11 bits per heavy atom. The normalized spacial score (nSPS) is 10.2. The number of methoxy groups -OCH3 is 3. The molecule has 0 atom stereocenters. The highest BCUT2D eigenvalue weighted by Gasteiger charge is 2.21. The summed E-state index contributed by atoms with van der Waals surface area (Å²) in [4.78, 5) is 26.2. The van der Waals surface area contributed by atoms with Crippen LogP contribution < -0.4 is 24.4 Å². The van der Waals surface area contributed by atoms with Crippen molar-refractivity contribution < 1.29 is 23.8 Å². The van der Waals surface area contributed by atoms with Crippen molar-refractivity contribution in [3.05, 3.63) is 42.0 Å². The summed E-state index contributed by atoms with van der Waals surface area (Å²) >= 11 is 0. The maximum atomic E-state index is 12.6. The summed E-state index contributed by atoms with van der Waals surface area (Å²) in [7, 11) is 4.49. The number of nitrogens with zero attached hydrogens (tertiary/aromatic N) is 1. The molecule has 2 rings (SSSR count). The average Bonchev–Trinajstić information content (AvgIpc) is 2.70. The SMILES string of the molecule is CCc1ccccc1NC(=O)CN(C(C)=O)c1cc(OC)c(OC)c(OC)c1. The second-order valence-corrected chi connectivity index (χ2v) is 6.05. The monoisotopic (exact) mass is 386 g/mol. The first kappa shape index (κ1) is 21.1. The summed E-state index contributed by atoms with van der Waals surface area (Å²) in [5.41, 5.74) is 2.24. The van der Waals surface area contributed by atoms with E-state index >= 15 is 0 Å². The van der Waals surface area contributed by atoms with Crippen LogP contribution in [0.5, 0.6) is 17.2 Å². The second-order valence-electron chi connectivity index (χ2n) is 6.05. The number of carbonyl (C=O) groups excluding carboxylic acids is 2. The molecule has 0 aliphatic heterocycles. The van der Waals surface area contributed by atoms with E-state index in [1.54, 1.807) is 12.1 Å². The van der Waals surface area contributed by atoms with Crippen molar-refractivity contribution >= 4 is 23.2 Å². The summed E-state index contributed by atoms with van der Waals surface area (Å²) < 4.78 is 16.0. The van der Waals surface area contributed by atoms with Crippen LogP contribution in [0.15, 0.2) is 36.4 Å². The van der Waals surface area contributed by atoms with Crippen molar-refractivity contribution in [1.29, 1.82) is 0 Å². The summed E-state index contributed by atoms with van der Waals surface area (Å²) in [6.45, 7) is 3.27. The van der Waals surface area contributed by atoms with Crippen LogP contribution in [0, 0.1) is 0 Å². The number of ether oxygens (including phenoxy) is 3. The highest BCUT2D eigenvalue weighted by atomic mass is 16.5. The molecule has 2 aromatic carbocycles. The fraction of sp³-hybridized carbons (Fsp3) is 0.333. The number of hydrogen-bond donors (Lipinski definition) is 1. The molecule has 0 spiro atoms. The van der Waals surface area contributed by atoms with Crippen LogP contribution in [-0.4, -0.2) is 39.7 Å². The van der Waals surface area contributed by atoms with Gasteiger partial charge in [-0.25, -0.2) is 0 Å². The van der Waals surface area contributed by atoms with Crippen LogP contribution in [0.4, 0.5) is 11.4 Å². The molecule has 0 saturated heterocycles. The van der Waals surface area contributed by atoms with E-state index in [1.807, 2.05) is 31.2 Å². The zero-order valence-corrected chi connectivity index (χ0v) is 16.9. The van der Waals surface area contributed by atoms with Crippen LogP contribution in [0.25, 0.3) is 0 Å². The van der Waals surface area contributed by atoms with Gasteiger partial charge >= 0.3 is 0 Å². The molecule has 0 heterocycles. The third-order valence-electron chi connectivity index (χ3n) is 4.32. The molecule has 0 bridgehead atoms. The molecule has 28 heavy (non-hydrogen) atoms. The van der Waals surface area contributed by atoms with Gasteiger partial charge < -0.3 is 24.4 Å². The van der Waals surface area contributed by atoms with E-state index < -0.39 is 0 Å². The van der Waals surface area contributed by atoms with Gasteiger partial charge in [0.15, 0.2) is 11.5 Å². The number of amides is 2. The van der Waals surface area contributed by atoms with Crippen LogP contribution in [0.1, 0.15) is 19.4 Å². The molecule has 2 aromatic rings. The summed E-state index contributed by atoms with van der Waals surface area (Å²) in [5.74, 6) is 0.635. The minimum atomic E-state index is -0.301. The van der Waals surface area contributed by atoms with Crippen molar-refractivity contribution in [2.75, 3.05) is 38.1 Å². The van der Waals surface area contributed by atoms with Gasteiger partial charge in [0.05, 0.1) is 27.0 Å². The summed E-state index contributed by atoms with van der Waals surface area (Å²) in [6, 6.07) is 10.8. The van der Waals surface area contributed by atoms with Gasteiger partial charge in [-0.1, -0.05) is 25.1 Å². The van der Waals surface area contributed by atoms with Crippen molar-refractivity contribution in [3.63, 3.8) is 0 Å². The first-order valence-electron chi connectivity index (χ1n) is 8.91. The van der Waals surface area contributed by atoms with Gasteiger partial charge in [-0.3, -0.25) is 9.59 Å². The molecule has 0 aliphatic rings. The molecule has 1 N–H and O–H groups in total. The van der Waals surface area contributed by atoms with E-state index in [2.05, 4.69) is 5.32 Å². The number of benzene rings is 2. The largest absolute Gasteiger partial charge is 0.493 e. The van der Waals surface area contributed by atoms with E-state index in [0.29, 0.717) is 22.9 Å². The zero-order valence-electron chi connectivity index (χ0n) is 16.9. The van der Waals surface area contributed by atoms with Gasteiger partial charge in [-0.05, 0) is 18.1 Å². The number of hydrogen-bond acceptors (Lipinski definition) is 5. The maximum Gasteiger partial charge on any atom is 0.244 e. The Balaban J connectivity index is 2.31. The van der Waals surface area contributed by atoms with Crippen molar-refractivity contribution in [2.45, 2.75) is 20.3 Å². The van der Waals surface area contributed by atoms with E-state index in [0.717, 1.165) is 17.7 Å². The lowest BCUT2D eigenvalue weighted by Gasteiger charge is -2.23. The number of rotatable bonds is 8. The minimum Gasteiger partial charge on any atom is -0.493 e. The Morgan fingerprint density at radius 1 is 1.00 bits per heavy atom. The summed E-state index contributed by atoms with van der Waals surface area (Å²) in [6.07, 6.45) is 0.791. The fourth-order valence-electron chi connectivity index (χ4n) is 2.89. The first-order valence-corrected chi connectivity index (χ1v) is 8.91. The standard InChI is InChI=1S/C21H26N2O5/c1-6-15-9-7-8-10-17(15)22-20(25)13-23(14(2)24)16-11-18(26-3)21(28-5)19(12-16)27-4/h7-12H,6,13H2,1-5H3,(H,22,25). The van der Waals surface area contributed by atoms with Crippen molar-refractivity contribution in [3.8, 4) is 17.2 Å². The highest BCUT2D eigenvalue weighted by Crippen LogP contribution is 2.41. The minimum absolute atomic E-state index is 0.147. The van der Waals surface area contributed by atoms with Crippen LogP contribution in [0.2, 0.25) is 0 Å². The predicted molar refractivity (Wildman–Crippen MR) is 109 cm³/mol. The molecule has 0 saturated carbocycles. The lowest BCUT2D eigenvalue weighted by molar-refractivity contribution is -0.120. The predicted octanol–water partition coefficient (Wildman–Crippen LogP) is 3.27. The van der Waals surface area contributed by atoms with Crippen LogP contribution in [0.3, 0.4) is 0 Å². The van der Waals surface area contributed by atoms with Crippen molar-refractivity contribution in [1.82, 2.24) is 0 Å². The molecule has 0 aliphatic carbocycles. The Kier molecular flexibility index (Phi) is 7.26. The number of anilines is 2. The highest BCUT2D eigenvalue weighted by molar-refractivity contribution is 6.02. The van der Waals surface area contributed by atoms with Gasteiger partial charge in [0.2, 0.25) is 17.6 Å². The van der Waals surface area contributed by atoms with Gasteiger partial charge in [-0.15, -0.1) is 0 Å². The van der Waals surface area contributed by atoms with Gasteiger partial charge in [0.1, 0.15) is 6.54 Å². The Morgan fingerprint density at radius 2 is 1.61 bits per heavy atom. The molecule has 2 amide bonds. The fourth-order valence-corrected chi connectivity index (χ4v) is 2.89. The third-order valence-corrected chi connectivity index (χ3v) is 4.32. The number of carbonyl (C=O) groups is 2. The first-order chi connectivity index (χ1) is 13.4. The molecule has 7 heteroatoms. The molecule has 150 valence electrons. The number of nitrogens with one attached hydrogen (secondary N) is 1. The Bertz CT molecular complexity index is 825. The number of aryl methyl sites for hydroxylation is 1. The van der Waals surface area contributed by atoms with E-state index in [1.165, 1.54) is 33.2 Å². The molecule has 0 radical (unpaired) electrons. The molecular formula is C21H26N2O5. The van der Waals surface area contributed by atoms with Crippen LogP contribution >= 0.6 is 0 Å². The van der Waals surface area contributed by atoms with Gasteiger partial charge in [0, 0.05) is 24.7 Å². The third kappa shape index (κ3) is 4.73. The molecule has 7 nitrogen and oxygen atoms in total. The quantitative estimate of drug-likeness (QED) is 0.753. The topological polar surface area (TPSA) is 77.1 Å². The van der Waals surface area contributed by atoms with Gasteiger partial charge in [0.25, 0.3) is 0 Å². The van der Waals surface area contributed by atoms with Gasteiger partial charge in [-0.2, -0.15) is 0 Å². The second kappa shape index (κ2) is 9.64. The molecule has 0 aromatic heterocycles. The molecule has 0 unspecified atom stereocenters.